The van der Waals surface area contributed by atoms with Crippen molar-refractivity contribution in [2.45, 2.75) is 64.0 Å². The molecule has 2 aliphatic carbocycles. The summed E-state index contributed by atoms with van der Waals surface area (Å²) in [5, 5.41) is 0. The molecular weight excluding hydrogens is 416 g/mol. The molecule has 0 atom stereocenters. The summed E-state index contributed by atoms with van der Waals surface area (Å²) < 4.78 is -0.197. The van der Waals surface area contributed by atoms with Crippen LogP contribution in [-0.4, -0.2) is 0 Å². The van der Waals surface area contributed by atoms with Crippen molar-refractivity contribution in [2.75, 3.05) is 0 Å². The predicted molar refractivity (Wildman–Crippen MR) is 130 cm³/mol. The number of hydrogen-bond donors (Lipinski definition) is 0. The average molecular weight is 450 g/mol. The fraction of sp³-hybridized carbons (Fsp3) is 0.333. The van der Waals surface area contributed by atoms with Gasteiger partial charge in [-0.05, 0) is 0 Å². The van der Waals surface area contributed by atoms with Gasteiger partial charge in [-0.2, -0.15) is 0 Å². The summed E-state index contributed by atoms with van der Waals surface area (Å²) in [6.07, 6.45) is 0. The van der Waals surface area contributed by atoms with E-state index >= 15 is 0 Å². The number of hydrogen-bond acceptors (Lipinski definition) is 0. The summed E-state index contributed by atoms with van der Waals surface area (Å²) in [5.74, 6) is 0. The molecule has 0 aliphatic heterocycles. The van der Waals surface area contributed by atoms with Gasteiger partial charge < -0.3 is 0 Å². The van der Waals surface area contributed by atoms with Crippen molar-refractivity contribution in [3.63, 3.8) is 0 Å². The van der Waals surface area contributed by atoms with Gasteiger partial charge in [0.15, 0.2) is 0 Å². The molecule has 31 heavy (non-hydrogen) atoms. The molecule has 0 spiro atoms. The van der Waals surface area contributed by atoms with Crippen LogP contribution in [0.15, 0.2) is 105 Å². The SMILES string of the molecule is CC1=C(C)[C]([Fe][C]2(c3ccccc3)C(C)=C(C)C(C)=C2C)(c2ccccc2)C(C)=C1C. The Kier molecular flexibility index (Phi) is 5.57. The number of benzene rings is 2. The first-order valence-electron chi connectivity index (χ1n) is 11.2. The van der Waals surface area contributed by atoms with Crippen LogP contribution < -0.4 is 0 Å². The molecule has 2 aromatic carbocycles. The third-order valence-corrected chi connectivity index (χ3v) is 11.1. The van der Waals surface area contributed by atoms with Crippen molar-refractivity contribution in [1.29, 1.82) is 0 Å². The molecule has 2 aromatic rings. The molecule has 2 aliphatic rings. The van der Waals surface area contributed by atoms with E-state index in [1.165, 1.54) is 55.7 Å². The zero-order valence-electron chi connectivity index (χ0n) is 20.1. The molecule has 0 N–H and O–H groups in total. The van der Waals surface area contributed by atoms with E-state index in [1.807, 2.05) is 0 Å². The Morgan fingerprint density at radius 2 is 0.677 bits per heavy atom. The third kappa shape index (κ3) is 2.94. The minimum absolute atomic E-state index is 0.0985. The van der Waals surface area contributed by atoms with Gasteiger partial charge in [0.25, 0.3) is 0 Å². The van der Waals surface area contributed by atoms with Gasteiger partial charge in [0, 0.05) is 0 Å². The van der Waals surface area contributed by atoms with Gasteiger partial charge in [0.05, 0.1) is 0 Å². The maximum absolute atomic E-state index is 2.37. The zero-order valence-corrected chi connectivity index (χ0v) is 21.2. The third-order valence-electron chi connectivity index (χ3n) is 8.00. The van der Waals surface area contributed by atoms with E-state index in [4.69, 9.17) is 0 Å². The van der Waals surface area contributed by atoms with Gasteiger partial charge in [-0.15, -0.1) is 0 Å². The Bertz CT molecular complexity index is 1010. The topological polar surface area (TPSA) is 0 Å². The van der Waals surface area contributed by atoms with Crippen molar-refractivity contribution < 1.29 is 15.0 Å². The van der Waals surface area contributed by atoms with Crippen LogP contribution in [0, 0.1) is 0 Å². The van der Waals surface area contributed by atoms with Gasteiger partial charge in [-0.25, -0.2) is 0 Å². The molecule has 0 unspecified atom stereocenters. The van der Waals surface area contributed by atoms with E-state index in [9.17, 15) is 0 Å². The Labute approximate surface area is 195 Å². The number of allylic oxidation sites excluding steroid dienone is 8. The second-order valence-corrected chi connectivity index (χ2v) is 11.0. The molecule has 0 amide bonds. The van der Waals surface area contributed by atoms with E-state index in [2.05, 4.69) is 116 Å². The molecular formula is C30H34Fe. The first kappa shape index (κ1) is 22.1. The first-order valence-corrected chi connectivity index (χ1v) is 12.3. The van der Waals surface area contributed by atoms with Gasteiger partial charge in [0.1, 0.15) is 0 Å². The zero-order chi connectivity index (χ0) is 22.6. The summed E-state index contributed by atoms with van der Waals surface area (Å²) in [7, 11) is 0. The summed E-state index contributed by atoms with van der Waals surface area (Å²) in [5.41, 5.74) is 14.7. The van der Waals surface area contributed by atoms with E-state index in [0.29, 0.717) is 0 Å². The van der Waals surface area contributed by atoms with Gasteiger partial charge in [-0.3, -0.25) is 0 Å². The van der Waals surface area contributed by atoms with E-state index in [1.54, 1.807) is 0 Å². The fourth-order valence-corrected chi connectivity index (χ4v) is 8.43. The summed E-state index contributed by atoms with van der Waals surface area (Å²) in [6.45, 7) is 18.7. The van der Waals surface area contributed by atoms with Gasteiger partial charge in [-0.1, -0.05) is 0 Å². The first-order chi connectivity index (χ1) is 14.7. The van der Waals surface area contributed by atoms with Crippen LogP contribution >= 0.6 is 0 Å². The van der Waals surface area contributed by atoms with Gasteiger partial charge >= 0.3 is 195 Å². The summed E-state index contributed by atoms with van der Waals surface area (Å²) in [6, 6.07) is 22.4. The van der Waals surface area contributed by atoms with E-state index in [-0.39, 0.29) is 8.63 Å². The minimum atomic E-state index is -0.0985. The summed E-state index contributed by atoms with van der Waals surface area (Å²) in [4.78, 5) is 0. The van der Waals surface area contributed by atoms with E-state index in [0.717, 1.165) is 15.0 Å². The van der Waals surface area contributed by atoms with Crippen molar-refractivity contribution in [3.05, 3.63) is 116 Å². The normalized spacial score (nSPS) is 20.5. The van der Waals surface area contributed by atoms with Crippen molar-refractivity contribution >= 4 is 0 Å². The van der Waals surface area contributed by atoms with Crippen molar-refractivity contribution in [2.24, 2.45) is 0 Å². The van der Waals surface area contributed by atoms with Crippen LogP contribution in [0.5, 0.6) is 0 Å². The standard InChI is InChI=1S/2C15H17.Fe/c2*1-10-11(2)13(4)15(12(10)3)14-8-6-5-7-9-14;/h2*5-9H,1-4H3;. The molecule has 0 heterocycles. The van der Waals surface area contributed by atoms with Gasteiger partial charge in [0.2, 0.25) is 0 Å². The molecule has 0 saturated carbocycles. The van der Waals surface area contributed by atoms with Crippen LogP contribution in [0.2, 0.25) is 0 Å². The Morgan fingerprint density at radius 3 is 0.935 bits per heavy atom. The van der Waals surface area contributed by atoms with Crippen molar-refractivity contribution in [1.82, 2.24) is 0 Å². The van der Waals surface area contributed by atoms with Crippen LogP contribution in [-0.2, 0) is 23.6 Å². The second kappa shape index (κ2) is 7.80. The maximum atomic E-state index is 2.37. The predicted octanol–water partition coefficient (Wildman–Crippen LogP) is 8.23. The van der Waals surface area contributed by atoms with Crippen LogP contribution in [0.25, 0.3) is 0 Å². The Balaban J connectivity index is 2.07. The van der Waals surface area contributed by atoms with Crippen molar-refractivity contribution in [3.8, 4) is 0 Å². The molecule has 0 fully saturated rings. The van der Waals surface area contributed by atoms with Crippen LogP contribution in [0.4, 0.5) is 0 Å². The molecule has 0 saturated heterocycles. The van der Waals surface area contributed by atoms with E-state index < -0.39 is 0 Å². The Morgan fingerprint density at radius 1 is 0.419 bits per heavy atom. The Hall–Kier alpha value is -2.08. The van der Waals surface area contributed by atoms with Crippen LogP contribution in [0.1, 0.15) is 66.5 Å². The van der Waals surface area contributed by atoms with Crippen LogP contribution in [0.3, 0.4) is 0 Å². The average Bonchev–Trinajstić information content (AvgIpc) is 3.07. The molecule has 1 heteroatoms. The molecule has 0 aromatic heterocycles. The molecule has 0 bridgehead atoms. The number of rotatable bonds is 4. The second-order valence-electron chi connectivity index (χ2n) is 9.10. The quantitative estimate of drug-likeness (QED) is 0.412. The molecule has 162 valence electrons. The molecule has 0 radical (unpaired) electrons. The molecule has 0 nitrogen and oxygen atoms in total. The monoisotopic (exact) mass is 450 g/mol. The summed E-state index contributed by atoms with van der Waals surface area (Å²) >= 11 is 1.03. The molecule has 4 rings (SSSR count). The fourth-order valence-electron chi connectivity index (χ4n) is 5.46.